The molecule has 1 unspecified atom stereocenters. The average molecular weight is 469 g/mol. The number of fused-ring (bicyclic) bond motifs is 1. The molecule has 0 aliphatic carbocycles. The molecule has 0 spiro atoms. The molecule has 1 heterocycles. The van der Waals surface area contributed by atoms with Crippen LogP contribution in [0.3, 0.4) is 0 Å². The molecule has 1 atom stereocenters. The van der Waals surface area contributed by atoms with Crippen LogP contribution in [0.1, 0.15) is 33.3 Å². The lowest BCUT2D eigenvalue weighted by molar-refractivity contribution is -0.125. The Morgan fingerprint density at radius 1 is 1.24 bits per heavy atom. The smallest absolute Gasteiger partial charge is 0.387 e. The first kappa shape index (κ1) is 24.1. The molecule has 0 radical (unpaired) electrons. The van der Waals surface area contributed by atoms with E-state index in [0.717, 1.165) is 11.0 Å². The number of nitrogens with zero attached hydrogens (tertiary/aromatic N) is 1. The van der Waals surface area contributed by atoms with E-state index in [0.29, 0.717) is 5.56 Å². The van der Waals surface area contributed by atoms with Gasteiger partial charge in [-0.15, -0.1) is 0 Å². The van der Waals surface area contributed by atoms with E-state index < -0.39 is 53.3 Å². The Morgan fingerprint density at radius 2 is 1.94 bits per heavy atom. The molecule has 178 valence electrons. The van der Waals surface area contributed by atoms with E-state index in [-0.39, 0.29) is 18.0 Å². The molecular formula is C22H23F4N3O4. The van der Waals surface area contributed by atoms with Crippen LogP contribution in [0.5, 0.6) is 11.5 Å². The summed E-state index contributed by atoms with van der Waals surface area (Å²) in [5.41, 5.74) is -1.20. The van der Waals surface area contributed by atoms with Crippen molar-refractivity contribution in [3.63, 3.8) is 0 Å². The molecule has 1 aliphatic heterocycles. The third-order valence-electron chi connectivity index (χ3n) is 4.54. The van der Waals surface area contributed by atoms with Gasteiger partial charge in [-0.25, -0.2) is 13.6 Å². The number of hydrogen-bond acceptors (Lipinski definition) is 4. The average Bonchev–Trinajstić information content (AvgIpc) is 2.68. The van der Waals surface area contributed by atoms with Crippen molar-refractivity contribution in [3.8, 4) is 11.5 Å². The molecule has 0 bridgehead atoms. The van der Waals surface area contributed by atoms with E-state index in [1.807, 2.05) is 0 Å². The number of carbonyl (C=O) groups is 2. The van der Waals surface area contributed by atoms with Gasteiger partial charge in [-0.05, 0) is 45.4 Å². The number of amides is 3. The highest BCUT2D eigenvalue weighted by Gasteiger charge is 2.36. The van der Waals surface area contributed by atoms with Gasteiger partial charge in [-0.2, -0.15) is 8.78 Å². The summed E-state index contributed by atoms with van der Waals surface area (Å²) >= 11 is 0. The third kappa shape index (κ3) is 5.65. The van der Waals surface area contributed by atoms with Gasteiger partial charge in [0.1, 0.15) is 11.4 Å². The van der Waals surface area contributed by atoms with Crippen molar-refractivity contribution in [2.75, 3.05) is 10.2 Å². The van der Waals surface area contributed by atoms with Crippen LogP contribution in [-0.4, -0.2) is 30.2 Å². The van der Waals surface area contributed by atoms with E-state index in [9.17, 15) is 22.8 Å². The summed E-state index contributed by atoms with van der Waals surface area (Å²) in [7, 11) is 0. The Morgan fingerprint density at radius 3 is 2.58 bits per heavy atom. The van der Waals surface area contributed by atoms with Crippen molar-refractivity contribution in [1.82, 2.24) is 5.32 Å². The number of ether oxygens (including phenoxy) is 2. The Balaban J connectivity index is 1.95. The summed E-state index contributed by atoms with van der Waals surface area (Å²) in [6.45, 7) is 3.26. The Hall–Kier alpha value is -3.50. The Labute approximate surface area is 187 Å². The van der Waals surface area contributed by atoms with Crippen molar-refractivity contribution in [3.05, 3.63) is 47.5 Å². The molecule has 3 amide bonds. The third-order valence-corrected chi connectivity index (χ3v) is 4.54. The minimum atomic E-state index is -3.03. The van der Waals surface area contributed by atoms with Gasteiger partial charge < -0.3 is 25.0 Å². The number of alkyl halides is 2. The van der Waals surface area contributed by atoms with E-state index in [1.54, 1.807) is 26.8 Å². The summed E-state index contributed by atoms with van der Waals surface area (Å²) in [5.74, 6) is -3.45. The molecule has 3 rings (SSSR count). The predicted octanol–water partition coefficient (Wildman–Crippen LogP) is 4.80. The SMILES string of the molecule is CC1Oc2c(cc(F)c(NC(=O)NC(C)(C)C)c2F)N(Cc2cccc(OC(F)F)c2)C1=O. The Kier molecular flexibility index (Phi) is 6.71. The second-order valence-electron chi connectivity index (χ2n) is 8.44. The zero-order valence-corrected chi connectivity index (χ0v) is 18.3. The number of halogens is 4. The number of rotatable bonds is 5. The molecule has 0 saturated heterocycles. The fourth-order valence-corrected chi connectivity index (χ4v) is 3.23. The maximum absolute atomic E-state index is 15.2. The molecule has 1 aliphatic rings. The molecule has 0 aromatic heterocycles. The van der Waals surface area contributed by atoms with E-state index in [2.05, 4.69) is 15.4 Å². The van der Waals surface area contributed by atoms with Gasteiger partial charge in [-0.3, -0.25) is 4.79 Å². The molecule has 2 aromatic rings. The second kappa shape index (κ2) is 9.16. The van der Waals surface area contributed by atoms with Crippen molar-refractivity contribution < 1.29 is 36.6 Å². The molecule has 7 nitrogen and oxygen atoms in total. The summed E-state index contributed by atoms with van der Waals surface area (Å²) in [6.07, 6.45) is -1.12. The van der Waals surface area contributed by atoms with Gasteiger partial charge in [0.05, 0.1) is 12.2 Å². The van der Waals surface area contributed by atoms with E-state index in [1.165, 1.54) is 25.1 Å². The highest BCUT2D eigenvalue weighted by atomic mass is 19.3. The molecule has 0 saturated carbocycles. The highest BCUT2D eigenvalue weighted by molar-refractivity contribution is 6.00. The normalized spacial score (nSPS) is 15.7. The highest BCUT2D eigenvalue weighted by Crippen LogP contribution is 2.42. The molecule has 2 aromatic carbocycles. The minimum Gasteiger partial charge on any atom is -0.476 e. The van der Waals surface area contributed by atoms with Crippen LogP contribution in [0.2, 0.25) is 0 Å². The molecule has 2 N–H and O–H groups in total. The summed E-state index contributed by atoms with van der Waals surface area (Å²) in [5, 5.41) is 4.65. The van der Waals surface area contributed by atoms with Crippen molar-refractivity contribution in [2.24, 2.45) is 0 Å². The molecule has 0 fully saturated rings. The second-order valence-corrected chi connectivity index (χ2v) is 8.44. The van der Waals surface area contributed by atoms with Crippen molar-refractivity contribution >= 4 is 23.3 Å². The van der Waals surface area contributed by atoms with Gasteiger partial charge in [-0.1, -0.05) is 12.1 Å². The maximum Gasteiger partial charge on any atom is 0.387 e. The fraction of sp³-hybridized carbons (Fsp3) is 0.364. The van der Waals surface area contributed by atoms with Crippen LogP contribution in [-0.2, 0) is 11.3 Å². The van der Waals surface area contributed by atoms with Gasteiger partial charge >= 0.3 is 12.6 Å². The number of carbonyl (C=O) groups excluding carboxylic acids is 2. The number of anilines is 2. The zero-order chi connectivity index (χ0) is 24.5. The zero-order valence-electron chi connectivity index (χ0n) is 18.3. The van der Waals surface area contributed by atoms with Crippen LogP contribution in [0.15, 0.2) is 30.3 Å². The predicted molar refractivity (Wildman–Crippen MR) is 113 cm³/mol. The number of urea groups is 1. The maximum atomic E-state index is 15.2. The van der Waals surface area contributed by atoms with Crippen LogP contribution < -0.4 is 25.0 Å². The first-order valence-corrected chi connectivity index (χ1v) is 9.98. The summed E-state index contributed by atoms with van der Waals surface area (Å²) in [6, 6.07) is 5.64. The minimum absolute atomic E-state index is 0.127. The number of benzene rings is 2. The largest absolute Gasteiger partial charge is 0.476 e. The lowest BCUT2D eigenvalue weighted by Gasteiger charge is -2.34. The van der Waals surface area contributed by atoms with Crippen LogP contribution in [0.4, 0.5) is 33.7 Å². The van der Waals surface area contributed by atoms with Crippen molar-refractivity contribution in [1.29, 1.82) is 0 Å². The first-order valence-electron chi connectivity index (χ1n) is 9.98. The first-order chi connectivity index (χ1) is 15.4. The quantitative estimate of drug-likeness (QED) is 0.617. The monoisotopic (exact) mass is 469 g/mol. The van der Waals surface area contributed by atoms with Gasteiger partial charge in [0.25, 0.3) is 5.91 Å². The molecule has 11 heteroatoms. The molecule has 33 heavy (non-hydrogen) atoms. The standard InChI is InChI=1S/C22H23F4N3O4/c1-11-19(30)29(10-12-6-5-7-13(8-12)33-20(25)26)15-9-14(23)17(16(24)18(15)32-11)27-21(31)28-22(2,3)4/h5-9,11,20H,10H2,1-4H3,(H2,27,28,31). The van der Waals surface area contributed by atoms with Gasteiger partial charge in [0, 0.05) is 11.6 Å². The van der Waals surface area contributed by atoms with Crippen LogP contribution >= 0.6 is 0 Å². The lowest BCUT2D eigenvalue weighted by atomic mass is 10.1. The fourth-order valence-electron chi connectivity index (χ4n) is 3.23. The topological polar surface area (TPSA) is 79.9 Å². The van der Waals surface area contributed by atoms with E-state index in [4.69, 9.17) is 4.74 Å². The van der Waals surface area contributed by atoms with Crippen molar-refractivity contribution in [2.45, 2.75) is 52.5 Å². The summed E-state index contributed by atoms with van der Waals surface area (Å²) < 4.78 is 64.7. The van der Waals surface area contributed by atoms with Gasteiger partial charge in [0.2, 0.25) is 0 Å². The Bertz CT molecular complexity index is 1070. The van der Waals surface area contributed by atoms with Gasteiger partial charge in [0.15, 0.2) is 23.5 Å². The van der Waals surface area contributed by atoms with Crippen LogP contribution in [0.25, 0.3) is 0 Å². The number of nitrogens with one attached hydrogen (secondary N) is 2. The van der Waals surface area contributed by atoms with E-state index >= 15 is 4.39 Å². The lowest BCUT2D eigenvalue weighted by Crippen LogP contribution is -2.45. The molecular weight excluding hydrogens is 446 g/mol. The summed E-state index contributed by atoms with van der Waals surface area (Å²) in [4.78, 5) is 25.9. The number of hydrogen-bond donors (Lipinski definition) is 2. The van der Waals surface area contributed by atoms with Crippen LogP contribution in [0, 0.1) is 11.6 Å².